The van der Waals surface area contributed by atoms with Gasteiger partial charge in [-0.1, -0.05) is 41.7 Å². The summed E-state index contributed by atoms with van der Waals surface area (Å²) >= 11 is 1.44. The van der Waals surface area contributed by atoms with E-state index in [9.17, 15) is 4.79 Å². The minimum atomic E-state index is -0.302. The van der Waals surface area contributed by atoms with E-state index in [1.807, 2.05) is 49.6 Å². The summed E-state index contributed by atoms with van der Waals surface area (Å²) in [7, 11) is 4.00. The Labute approximate surface area is 168 Å². The van der Waals surface area contributed by atoms with Gasteiger partial charge in [0.1, 0.15) is 4.88 Å². The highest BCUT2D eigenvalue weighted by molar-refractivity contribution is 7.17. The number of carbonyl (C=O) groups is 1. The van der Waals surface area contributed by atoms with Crippen molar-refractivity contribution in [1.82, 2.24) is 25.0 Å². The second kappa shape index (κ2) is 8.12. The number of benzene rings is 1. The topological polar surface area (TPSA) is 66.3 Å². The molecule has 1 fully saturated rings. The maximum atomic E-state index is 13.0. The fourth-order valence-electron chi connectivity index (χ4n) is 3.28. The van der Waals surface area contributed by atoms with Crippen LogP contribution in [0.4, 0.5) is 5.13 Å². The Morgan fingerprint density at radius 1 is 1.11 bits per heavy atom. The highest BCUT2D eigenvalue weighted by atomic mass is 32.1. The lowest BCUT2D eigenvalue weighted by Crippen LogP contribution is -2.44. The summed E-state index contributed by atoms with van der Waals surface area (Å²) in [6.07, 6.45) is 3.56. The molecule has 2 aromatic heterocycles. The van der Waals surface area contributed by atoms with Gasteiger partial charge in [0.05, 0.1) is 17.9 Å². The van der Waals surface area contributed by atoms with E-state index in [1.54, 1.807) is 10.9 Å². The number of nitrogens with zero attached hydrogens (tertiary/aromatic N) is 5. The molecule has 0 spiro atoms. The standard InChI is InChI=1S/C20H24N6OS/c1-24-10-12-26(13-11-24)20-21-14-17(28-20)19(27)22-18(15-6-4-3-5-7-15)16-8-9-25(2)23-16/h3-9,14,18H,10-13H2,1-2H3,(H,22,27). The molecule has 1 aliphatic rings. The van der Waals surface area contributed by atoms with Crippen LogP contribution in [0.2, 0.25) is 0 Å². The third-order valence-electron chi connectivity index (χ3n) is 4.93. The first-order valence-electron chi connectivity index (χ1n) is 9.35. The Kier molecular flexibility index (Phi) is 5.40. The number of thiazole rings is 1. The first kappa shape index (κ1) is 18.6. The predicted molar refractivity (Wildman–Crippen MR) is 111 cm³/mol. The number of anilines is 1. The Morgan fingerprint density at radius 3 is 2.54 bits per heavy atom. The van der Waals surface area contributed by atoms with Crippen LogP contribution >= 0.6 is 11.3 Å². The van der Waals surface area contributed by atoms with Crippen molar-refractivity contribution in [2.24, 2.45) is 7.05 Å². The van der Waals surface area contributed by atoms with Gasteiger partial charge in [0.25, 0.3) is 5.91 Å². The van der Waals surface area contributed by atoms with Gasteiger partial charge in [-0.05, 0) is 18.7 Å². The molecule has 0 bridgehead atoms. The van der Waals surface area contributed by atoms with Crippen LogP contribution in [0.3, 0.4) is 0 Å². The van der Waals surface area contributed by atoms with Gasteiger partial charge < -0.3 is 15.1 Å². The Balaban J connectivity index is 1.52. The number of carbonyl (C=O) groups excluding carboxylic acids is 1. The van der Waals surface area contributed by atoms with E-state index >= 15 is 0 Å². The molecule has 0 radical (unpaired) electrons. The van der Waals surface area contributed by atoms with Gasteiger partial charge in [0, 0.05) is 39.4 Å². The second-order valence-electron chi connectivity index (χ2n) is 7.03. The summed E-state index contributed by atoms with van der Waals surface area (Å²) in [4.78, 5) is 22.6. The molecule has 1 saturated heterocycles. The molecular formula is C20H24N6OS. The number of amides is 1. The van der Waals surface area contributed by atoms with E-state index < -0.39 is 0 Å². The molecular weight excluding hydrogens is 372 g/mol. The lowest BCUT2D eigenvalue weighted by Gasteiger charge is -2.32. The number of hydrogen-bond acceptors (Lipinski definition) is 6. The zero-order valence-electron chi connectivity index (χ0n) is 16.1. The number of aryl methyl sites for hydroxylation is 1. The van der Waals surface area contributed by atoms with Crippen LogP contribution in [0.1, 0.15) is 27.0 Å². The zero-order chi connectivity index (χ0) is 19.5. The van der Waals surface area contributed by atoms with E-state index in [1.165, 1.54) is 11.3 Å². The molecule has 1 aliphatic heterocycles. The number of piperazine rings is 1. The Morgan fingerprint density at radius 2 is 1.86 bits per heavy atom. The lowest BCUT2D eigenvalue weighted by atomic mass is 10.0. The molecule has 3 heterocycles. The Hall–Kier alpha value is -2.71. The van der Waals surface area contributed by atoms with Gasteiger partial charge in [-0.2, -0.15) is 5.10 Å². The quantitative estimate of drug-likeness (QED) is 0.716. The SMILES string of the molecule is CN1CCN(c2ncc(C(=O)NC(c3ccccc3)c3ccn(C)n3)s2)CC1. The molecule has 1 amide bonds. The van der Waals surface area contributed by atoms with Gasteiger partial charge in [0.2, 0.25) is 0 Å². The predicted octanol–water partition coefficient (Wildman–Crippen LogP) is 2.15. The summed E-state index contributed by atoms with van der Waals surface area (Å²) in [5.41, 5.74) is 1.81. The monoisotopic (exact) mass is 396 g/mol. The number of nitrogens with one attached hydrogen (secondary N) is 1. The third-order valence-corrected chi connectivity index (χ3v) is 5.99. The Bertz CT molecular complexity index is 929. The maximum Gasteiger partial charge on any atom is 0.263 e. The van der Waals surface area contributed by atoms with Crippen molar-refractivity contribution in [2.75, 3.05) is 38.1 Å². The molecule has 146 valence electrons. The van der Waals surface area contributed by atoms with E-state index in [-0.39, 0.29) is 11.9 Å². The molecule has 1 aromatic carbocycles. The summed E-state index contributed by atoms with van der Waals surface area (Å²) in [5, 5.41) is 8.54. The third kappa shape index (κ3) is 4.07. The largest absolute Gasteiger partial charge is 0.346 e. The first-order chi connectivity index (χ1) is 13.6. The van der Waals surface area contributed by atoms with E-state index in [0.29, 0.717) is 4.88 Å². The van der Waals surface area contributed by atoms with Gasteiger partial charge in [-0.3, -0.25) is 9.48 Å². The molecule has 28 heavy (non-hydrogen) atoms. The fourth-order valence-corrected chi connectivity index (χ4v) is 4.15. The van der Waals surface area contributed by atoms with Crippen molar-refractivity contribution in [3.05, 3.63) is 64.9 Å². The molecule has 7 nitrogen and oxygen atoms in total. The molecule has 0 aliphatic carbocycles. The second-order valence-corrected chi connectivity index (χ2v) is 8.04. The van der Waals surface area contributed by atoms with Crippen LogP contribution in [0.5, 0.6) is 0 Å². The van der Waals surface area contributed by atoms with Crippen molar-refractivity contribution in [3.8, 4) is 0 Å². The van der Waals surface area contributed by atoms with Crippen molar-refractivity contribution in [2.45, 2.75) is 6.04 Å². The smallest absolute Gasteiger partial charge is 0.263 e. The normalized spacial score (nSPS) is 16.1. The summed E-state index contributed by atoms with van der Waals surface area (Å²) in [5.74, 6) is -0.127. The van der Waals surface area contributed by atoms with Crippen molar-refractivity contribution in [3.63, 3.8) is 0 Å². The molecule has 1 unspecified atom stereocenters. The molecule has 4 rings (SSSR count). The molecule has 1 atom stereocenters. The summed E-state index contributed by atoms with van der Waals surface area (Å²) in [6, 6.07) is 11.5. The van der Waals surface area contributed by atoms with Crippen LogP contribution in [-0.4, -0.2) is 58.8 Å². The van der Waals surface area contributed by atoms with E-state index in [0.717, 1.165) is 42.6 Å². The zero-order valence-corrected chi connectivity index (χ0v) is 16.9. The average molecular weight is 397 g/mol. The van der Waals surface area contributed by atoms with Crippen molar-refractivity contribution in [1.29, 1.82) is 0 Å². The van der Waals surface area contributed by atoms with Crippen LogP contribution < -0.4 is 10.2 Å². The average Bonchev–Trinajstić information content (AvgIpc) is 3.37. The number of aromatic nitrogens is 3. The van der Waals surface area contributed by atoms with Gasteiger partial charge in [-0.15, -0.1) is 0 Å². The molecule has 3 aromatic rings. The van der Waals surface area contributed by atoms with Crippen LogP contribution in [0.15, 0.2) is 48.8 Å². The maximum absolute atomic E-state index is 13.0. The lowest BCUT2D eigenvalue weighted by molar-refractivity contribution is 0.0946. The highest BCUT2D eigenvalue weighted by Gasteiger charge is 2.23. The minimum Gasteiger partial charge on any atom is -0.346 e. The van der Waals surface area contributed by atoms with Crippen LogP contribution in [0, 0.1) is 0 Å². The summed E-state index contributed by atoms with van der Waals surface area (Å²) in [6.45, 7) is 3.89. The summed E-state index contributed by atoms with van der Waals surface area (Å²) < 4.78 is 1.75. The number of likely N-dealkylation sites (N-methyl/N-ethyl adjacent to an activating group) is 1. The van der Waals surface area contributed by atoms with E-state index in [4.69, 9.17) is 0 Å². The van der Waals surface area contributed by atoms with Crippen LogP contribution in [-0.2, 0) is 7.05 Å². The molecule has 0 saturated carbocycles. The minimum absolute atomic E-state index is 0.127. The molecule has 8 heteroatoms. The van der Waals surface area contributed by atoms with Gasteiger partial charge >= 0.3 is 0 Å². The van der Waals surface area contributed by atoms with Gasteiger partial charge in [-0.25, -0.2) is 4.98 Å². The highest BCUT2D eigenvalue weighted by Crippen LogP contribution is 2.26. The first-order valence-corrected chi connectivity index (χ1v) is 10.2. The number of rotatable bonds is 5. The van der Waals surface area contributed by atoms with Crippen molar-refractivity contribution >= 4 is 22.4 Å². The van der Waals surface area contributed by atoms with E-state index in [2.05, 4.69) is 32.2 Å². The van der Waals surface area contributed by atoms with Crippen molar-refractivity contribution < 1.29 is 4.79 Å². The van der Waals surface area contributed by atoms with Crippen LogP contribution in [0.25, 0.3) is 0 Å². The fraction of sp³-hybridized carbons (Fsp3) is 0.350. The van der Waals surface area contributed by atoms with Gasteiger partial charge in [0.15, 0.2) is 5.13 Å². The number of hydrogen-bond donors (Lipinski definition) is 1. The molecule has 1 N–H and O–H groups in total.